The van der Waals surface area contributed by atoms with E-state index in [1.54, 1.807) is 23.1 Å². The maximum Gasteiger partial charge on any atom is 0.433 e. The highest BCUT2D eigenvalue weighted by molar-refractivity contribution is 6.34. The van der Waals surface area contributed by atoms with Crippen molar-refractivity contribution in [3.05, 3.63) is 59.3 Å². The number of carbonyl (C=O) groups excluding carboxylic acids is 2. The molecule has 1 aromatic carbocycles. The van der Waals surface area contributed by atoms with E-state index in [1.165, 1.54) is 23.0 Å². The monoisotopic (exact) mass is 601 g/mol. The van der Waals surface area contributed by atoms with E-state index in [2.05, 4.69) is 20.4 Å². The van der Waals surface area contributed by atoms with Crippen molar-refractivity contribution >= 4 is 40.6 Å². The van der Waals surface area contributed by atoms with Crippen molar-refractivity contribution in [2.45, 2.75) is 31.5 Å². The summed E-state index contributed by atoms with van der Waals surface area (Å²) in [7, 11) is 0. The molecule has 2 fully saturated rings. The van der Waals surface area contributed by atoms with Crippen molar-refractivity contribution in [2.24, 2.45) is 11.7 Å². The van der Waals surface area contributed by atoms with E-state index in [9.17, 15) is 22.8 Å². The molecule has 1 saturated carbocycles. The molecule has 1 aliphatic carbocycles. The Kier molecular flexibility index (Phi) is 7.27. The first kappa shape index (κ1) is 28.0. The second-order valence-electron chi connectivity index (χ2n) is 10.5. The fourth-order valence-electron chi connectivity index (χ4n) is 5.61. The first-order chi connectivity index (χ1) is 20.1. The number of carbonyl (C=O) groups is 2. The number of aromatic nitrogens is 5. The van der Waals surface area contributed by atoms with Crippen LogP contribution in [-0.2, 0) is 11.0 Å². The van der Waals surface area contributed by atoms with Gasteiger partial charge in [-0.2, -0.15) is 18.3 Å². The maximum absolute atomic E-state index is 13.4. The molecule has 15 heteroatoms. The molecular weight excluding hydrogens is 575 g/mol. The van der Waals surface area contributed by atoms with E-state index in [0.717, 1.165) is 19.0 Å². The van der Waals surface area contributed by atoms with Gasteiger partial charge >= 0.3 is 6.18 Å². The van der Waals surface area contributed by atoms with Gasteiger partial charge in [0.25, 0.3) is 5.91 Å². The van der Waals surface area contributed by atoms with Crippen molar-refractivity contribution < 1.29 is 22.8 Å². The fourth-order valence-corrected chi connectivity index (χ4v) is 5.87. The predicted molar refractivity (Wildman–Crippen MR) is 148 cm³/mol. The lowest BCUT2D eigenvalue weighted by Crippen LogP contribution is -2.51. The Bertz CT molecular complexity index is 1650. The number of rotatable bonds is 5. The summed E-state index contributed by atoms with van der Waals surface area (Å²) >= 11 is 6.52. The van der Waals surface area contributed by atoms with Gasteiger partial charge in [-0.1, -0.05) is 11.6 Å². The van der Waals surface area contributed by atoms with Crippen LogP contribution in [0.4, 0.5) is 24.7 Å². The number of nitrogens with one attached hydrogen (secondary N) is 2. The van der Waals surface area contributed by atoms with Crippen LogP contribution < -0.4 is 11.1 Å². The first-order valence-corrected chi connectivity index (χ1v) is 13.8. The van der Waals surface area contributed by atoms with Crippen molar-refractivity contribution in [2.75, 3.05) is 31.5 Å². The Morgan fingerprint density at radius 2 is 1.83 bits per heavy atom. The van der Waals surface area contributed by atoms with Crippen molar-refractivity contribution in [3.63, 3.8) is 0 Å². The van der Waals surface area contributed by atoms with E-state index in [0.29, 0.717) is 43.9 Å². The zero-order chi connectivity index (χ0) is 29.6. The Morgan fingerprint density at radius 3 is 2.52 bits per heavy atom. The number of amides is 2. The number of alkyl halides is 3. The molecular formula is C27H27ClF3N9O2. The van der Waals surface area contributed by atoms with Crippen molar-refractivity contribution in [1.29, 1.82) is 0 Å². The molecule has 4 N–H and O–H groups in total. The van der Waals surface area contributed by atoms with Gasteiger partial charge in [-0.15, -0.1) is 0 Å². The topological polar surface area (TPSA) is 138 Å². The highest BCUT2D eigenvalue weighted by Gasteiger charge is 2.37. The summed E-state index contributed by atoms with van der Waals surface area (Å²) in [5, 5.41) is 8.85. The average Bonchev–Trinajstić information content (AvgIpc) is 3.72. The molecule has 0 bridgehead atoms. The van der Waals surface area contributed by atoms with Crippen LogP contribution in [0.2, 0.25) is 5.02 Å². The number of nitrogens with two attached hydrogens (primary N) is 1. The van der Waals surface area contributed by atoms with Gasteiger partial charge in [0.2, 0.25) is 5.91 Å². The summed E-state index contributed by atoms with van der Waals surface area (Å²) in [6.07, 6.45) is 3.11. The number of anilines is 2. The minimum absolute atomic E-state index is 0.0337. The number of aromatic amines is 1. The van der Waals surface area contributed by atoms with E-state index < -0.39 is 11.9 Å². The second-order valence-corrected chi connectivity index (χ2v) is 10.9. The van der Waals surface area contributed by atoms with Crippen molar-refractivity contribution in [3.8, 4) is 11.3 Å². The third-order valence-corrected chi connectivity index (χ3v) is 8.10. The van der Waals surface area contributed by atoms with Crippen LogP contribution in [0.1, 0.15) is 35.3 Å². The lowest BCUT2D eigenvalue weighted by Gasteiger charge is -2.36. The molecule has 42 heavy (non-hydrogen) atoms. The highest BCUT2D eigenvalue weighted by atomic mass is 35.5. The van der Waals surface area contributed by atoms with Gasteiger partial charge in [0, 0.05) is 56.2 Å². The molecule has 4 heterocycles. The third-order valence-electron chi connectivity index (χ3n) is 7.79. The molecule has 1 saturated heterocycles. The summed E-state index contributed by atoms with van der Waals surface area (Å²) < 4.78 is 41.7. The number of nitrogens with zero attached hydrogens (tertiary/aromatic N) is 6. The van der Waals surface area contributed by atoms with Gasteiger partial charge < -0.3 is 20.9 Å². The highest BCUT2D eigenvalue weighted by Crippen LogP contribution is 2.36. The molecule has 0 spiro atoms. The van der Waals surface area contributed by atoms with Gasteiger partial charge in [0.1, 0.15) is 5.69 Å². The van der Waals surface area contributed by atoms with Crippen LogP contribution in [0.25, 0.3) is 16.9 Å². The number of piperazine rings is 1. The molecule has 3 aromatic heterocycles. The number of halogens is 4. The molecule has 2 atom stereocenters. The Labute approximate surface area is 242 Å². The van der Waals surface area contributed by atoms with Crippen LogP contribution in [0, 0.1) is 5.92 Å². The Morgan fingerprint density at radius 1 is 1.07 bits per heavy atom. The first-order valence-electron chi connectivity index (χ1n) is 13.4. The predicted octanol–water partition coefficient (Wildman–Crippen LogP) is 3.95. The third kappa shape index (κ3) is 5.27. The molecule has 0 radical (unpaired) electrons. The average molecular weight is 602 g/mol. The van der Waals surface area contributed by atoms with Crippen LogP contribution in [0.3, 0.4) is 0 Å². The minimum atomic E-state index is -4.62. The summed E-state index contributed by atoms with van der Waals surface area (Å²) in [6.45, 7) is 1.72. The van der Waals surface area contributed by atoms with Crippen LogP contribution in [-0.4, -0.2) is 78.4 Å². The van der Waals surface area contributed by atoms with Gasteiger partial charge in [0.05, 0.1) is 34.2 Å². The van der Waals surface area contributed by atoms with E-state index >= 15 is 0 Å². The summed E-state index contributed by atoms with van der Waals surface area (Å²) in [6, 6.07) is 4.92. The van der Waals surface area contributed by atoms with Gasteiger partial charge in [-0.25, -0.2) is 9.97 Å². The summed E-state index contributed by atoms with van der Waals surface area (Å²) in [5.74, 6) is 0.121. The standard InChI is InChI=1S/C27H27ClF3N9O2/c28-20-12-17(3-4-18(20)26(42)39-9-7-38(8-10-39)25(41)15-1-2-16(32)11-15)36-23-24-34-14-21(40(24)6-5-33-23)19-13-35-37-22(19)27(29,30)31/h3-6,12-16H,1-2,7-11,32H2,(H,33,36)(H,35,37)/t15-,16-/m0/s1. The van der Waals surface area contributed by atoms with Gasteiger partial charge in [-0.3, -0.25) is 19.1 Å². The van der Waals surface area contributed by atoms with Gasteiger partial charge in [0.15, 0.2) is 11.5 Å². The zero-order valence-electron chi connectivity index (χ0n) is 22.2. The Balaban J connectivity index is 1.15. The van der Waals surface area contributed by atoms with E-state index in [4.69, 9.17) is 17.3 Å². The lowest BCUT2D eigenvalue weighted by molar-refractivity contribution is -0.140. The molecule has 11 nitrogen and oxygen atoms in total. The summed E-state index contributed by atoms with van der Waals surface area (Å²) in [5.41, 5.74) is 6.13. The smallest absolute Gasteiger partial charge is 0.339 e. The molecule has 2 aliphatic rings. The maximum atomic E-state index is 13.4. The number of H-pyrrole nitrogens is 1. The number of fused-ring (bicyclic) bond motifs is 1. The number of benzene rings is 1. The van der Waals surface area contributed by atoms with E-state index in [-0.39, 0.29) is 51.5 Å². The minimum Gasteiger partial charge on any atom is -0.339 e. The summed E-state index contributed by atoms with van der Waals surface area (Å²) in [4.78, 5) is 38.1. The van der Waals surface area contributed by atoms with E-state index in [1.807, 2.05) is 10.00 Å². The Hall–Kier alpha value is -4.17. The molecule has 2 amide bonds. The number of hydrogen-bond donors (Lipinski definition) is 3. The number of hydrogen-bond acceptors (Lipinski definition) is 7. The van der Waals surface area contributed by atoms with Crippen LogP contribution >= 0.6 is 11.6 Å². The lowest BCUT2D eigenvalue weighted by atomic mass is 10.1. The normalized spacial score (nSPS) is 19.5. The SMILES string of the molecule is N[C@H]1CC[C@H](C(=O)N2CCN(C(=O)c3ccc(Nc4nccn5c(-c6cn[nH]c6C(F)(F)F)cnc45)cc3Cl)CC2)C1. The molecule has 6 rings (SSSR count). The molecule has 220 valence electrons. The van der Waals surface area contributed by atoms with Crippen LogP contribution in [0.15, 0.2) is 43.0 Å². The molecule has 4 aromatic rings. The largest absolute Gasteiger partial charge is 0.433 e. The van der Waals surface area contributed by atoms with Crippen LogP contribution in [0.5, 0.6) is 0 Å². The fraction of sp³-hybridized carbons (Fsp3) is 0.370. The van der Waals surface area contributed by atoms with Gasteiger partial charge in [-0.05, 0) is 37.5 Å². The zero-order valence-corrected chi connectivity index (χ0v) is 23.0. The quantitative estimate of drug-likeness (QED) is 0.315. The molecule has 1 aliphatic heterocycles. The molecule has 0 unspecified atom stereocenters. The van der Waals surface area contributed by atoms with Crippen molar-refractivity contribution in [1.82, 2.24) is 34.4 Å². The second kappa shape index (κ2) is 10.9. The number of imidazole rings is 1.